The molecule has 1 aliphatic heterocycles. The molecule has 0 aromatic heterocycles. The number of nitrogens with zero attached hydrogens (tertiary/aromatic N) is 1. The molecule has 1 aliphatic carbocycles. The van der Waals surface area contributed by atoms with Crippen LogP contribution >= 0.6 is 12.2 Å². The van der Waals surface area contributed by atoms with Crippen LogP contribution in [0.15, 0.2) is 0 Å². The van der Waals surface area contributed by atoms with E-state index in [-0.39, 0.29) is 17.7 Å². The van der Waals surface area contributed by atoms with Crippen molar-refractivity contribution < 1.29 is 9.59 Å². The summed E-state index contributed by atoms with van der Waals surface area (Å²) < 4.78 is 0. The monoisotopic (exact) mass is 269 g/mol. The molecule has 0 aromatic rings. The van der Waals surface area contributed by atoms with Crippen LogP contribution in [0.3, 0.4) is 0 Å². The zero-order valence-electron chi connectivity index (χ0n) is 10.4. The second-order valence-corrected chi connectivity index (χ2v) is 5.73. The number of hydrogen-bond donors (Lipinski definition) is 2. The number of hydrogen-bond acceptors (Lipinski definition) is 3. The van der Waals surface area contributed by atoms with Crippen LogP contribution in [0.2, 0.25) is 0 Å². The van der Waals surface area contributed by atoms with E-state index in [1.54, 1.807) is 4.90 Å². The molecular weight excluding hydrogens is 250 g/mol. The zero-order valence-corrected chi connectivity index (χ0v) is 11.2. The number of carbonyl (C=O) groups excluding carboxylic acids is 2. The first-order chi connectivity index (χ1) is 8.47. The van der Waals surface area contributed by atoms with E-state index in [9.17, 15) is 9.59 Å². The largest absolute Gasteiger partial charge is 0.392 e. The van der Waals surface area contributed by atoms with Crippen molar-refractivity contribution in [3.63, 3.8) is 0 Å². The molecule has 2 aliphatic rings. The maximum Gasteiger partial charge on any atom is 0.235 e. The Balaban J connectivity index is 2.09. The molecule has 5 nitrogen and oxygen atoms in total. The molecule has 1 heterocycles. The van der Waals surface area contributed by atoms with Gasteiger partial charge in [0.2, 0.25) is 11.8 Å². The van der Waals surface area contributed by atoms with Crippen LogP contribution < -0.4 is 11.5 Å². The van der Waals surface area contributed by atoms with Gasteiger partial charge in [0, 0.05) is 13.1 Å². The van der Waals surface area contributed by atoms with Gasteiger partial charge in [0.1, 0.15) is 0 Å². The molecule has 1 unspecified atom stereocenters. The van der Waals surface area contributed by atoms with Gasteiger partial charge in [-0.1, -0.05) is 18.6 Å². The van der Waals surface area contributed by atoms with Gasteiger partial charge in [-0.25, -0.2) is 0 Å². The lowest BCUT2D eigenvalue weighted by atomic mass is 9.67. The van der Waals surface area contributed by atoms with E-state index in [2.05, 4.69) is 0 Å². The van der Waals surface area contributed by atoms with E-state index in [1.165, 1.54) is 0 Å². The van der Waals surface area contributed by atoms with Gasteiger partial charge in [0.15, 0.2) is 0 Å². The van der Waals surface area contributed by atoms with Crippen molar-refractivity contribution in [2.75, 3.05) is 13.1 Å². The first-order valence-electron chi connectivity index (χ1n) is 6.36. The van der Waals surface area contributed by atoms with E-state index in [0.29, 0.717) is 18.1 Å². The smallest absolute Gasteiger partial charge is 0.235 e. The highest BCUT2D eigenvalue weighted by Crippen LogP contribution is 2.43. The molecule has 2 fully saturated rings. The minimum atomic E-state index is -0.644. The number of carbonyl (C=O) groups is 2. The van der Waals surface area contributed by atoms with Crippen LogP contribution in [0.1, 0.15) is 32.1 Å². The van der Waals surface area contributed by atoms with Crippen molar-refractivity contribution >= 4 is 29.0 Å². The molecule has 0 radical (unpaired) electrons. The lowest BCUT2D eigenvalue weighted by Crippen LogP contribution is -2.57. The van der Waals surface area contributed by atoms with Crippen molar-refractivity contribution in [2.45, 2.75) is 32.1 Å². The van der Waals surface area contributed by atoms with Gasteiger partial charge in [0.25, 0.3) is 0 Å². The van der Waals surface area contributed by atoms with Crippen molar-refractivity contribution in [1.82, 2.24) is 4.90 Å². The maximum absolute atomic E-state index is 12.5. The Morgan fingerprint density at radius 3 is 2.33 bits per heavy atom. The van der Waals surface area contributed by atoms with Crippen molar-refractivity contribution in [3.8, 4) is 0 Å². The van der Waals surface area contributed by atoms with Crippen LogP contribution in [-0.4, -0.2) is 34.8 Å². The molecule has 2 amide bonds. The lowest BCUT2D eigenvalue weighted by molar-refractivity contribution is -0.144. The van der Waals surface area contributed by atoms with Gasteiger partial charge in [-0.05, 0) is 25.7 Å². The number of amides is 2. The maximum atomic E-state index is 12.5. The van der Waals surface area contributed by atoms with E-state index in [4.69, 9.17) is 23.7 Å². The lowest BCUT2D eigenvalue weighted by Gasteiger charge is -2.44. The molecular formula is C12H19N3O2S. The number of thiocarbonyl (C=S) groups is 1. The van der Waals surface area contributed by atoms with Gasteiger partial charge in [-0.3, -0.25) is 9.59 Å². The SMILES string of the molecule is NC(=O)C1CCCN(C(=O)C2(C(N)=S)CCC2)C1. The average Bonchev–Trinajstić information content (AvgIpc) is 2.27. The molecule has 1 saturated carbocycles. The highest BCUT2D eigenvalue weighted by molar-refractivity contribution is 7.80. The van der Waals surface area contributed by atoms with Gasteiger partial charge in [-0.15, -0.1) is 0 Å². The topological polar surface area (TPSA) is 89.4 Å². The Kier molecular flexibility index (Phi) is 3.56. The Labute approximate surface area is 112 Å². The number of primary amides is 1. The number of piperidine rings is 1. The van der Waals surface area contributed by atoms with E-state index in [1.807, 2.05) is 0 Å². The molecule has 1 saturated heterocycles. The van der Waals surface area contributed by atoms with Gasteiger partial charge in [0.05, 0.1) is 16.3 Å². The van der Waals surface area contributed by atoms with Crippen LogP contribution in [-0.2, 0) is 9.59 Å². The van der Waals surface area contributed by atoms with Crippen molar-refractivity contribution in [2.24, 2.45) is 22.8 Å². The molecule has 0 spiro atoms. The molecule has 6 heteroatoms. The molecule has 4 N–H and O–H groups in total. The summed E-state index contributed by atoms with van der Waals surface area (Å²) >= 11 is 5.05. The Morgan fingerprint density at radius 1 is 1.22 bits per heavy atom. The molecule has 1 atom stereocenters. The van der Waals surface area contributed by atoms with Crippen LogP contribution in [0.5, 0.6) is 0 Å². The Hall–Kier alpha value is -1.17. The van der Waals surface area contributed by atoms with Gasteiger partial charge < -0.3 is 16.4 Å². The quantitative estimate of drug-likeness (QED) is 0.715. The second kappa shape index (κ2) is 4.84. The summed E-state index contributed by atoms with van der Waals surface area (Å²) in [6.45, 7) is 1.09. The Morgan fingerprint density at radius 2 is 1.89 bits per heavy atom. The highest BCUT2D eigenvalue weighted by Gasteiger charge is 2.49. The second-order valence-electron chi connectivity index (χ2n) is 5.29. The third kappa shape index (κ3) is 2.09. The van der Waals surface area contributed by atoms with Crippen molar-refractivity contribution in [1.29, 1.82) is 0 Å². The number of likely N-dealkylation sites (tertiary alicyclic amines) is 1. The number of nitrogens with two attached hydrogens (primary N) is 2. The van der Waals surface area contributed by atoms with E-state index >= 15 is 0 Å². The summed E-state index contributed by atoms with van der Waals surface area (Å²) in [4.78, 5) is 25.8. The molecule has 0 bridgehead atoms. The normalized spacial score (nSPS) is 26.2. The minimum absolute atomic E-state index is 0.00722. The fourth-order valence-corrected chi connectivity index (χ4v) is 3.08. The predicted octanol–water partition coefficient (Wildman–Crippen LogP) is 0.167. The third-order valence-electron chi connectivity index (χ3n) is 4.20. The fraction of sp³-hybridized carbons (Fsp3) is 0.750. The first-order valence-corrected chi connectivity index (χ1v) is 6.77. The Bertz CT molecular complexity index is 393. The van der Waals surface area contributed by atoms with Crippen LogP contribution in [0.25, 0.3) is 0 Å². The van der Waals surface area contributed by atoms with Crippen LogP contribution in [0.4, 0.5) is 0 Å². The predicted molar refractivity (Wildman–Crippen MR) is 71.6 cm³/mol. The molecule has 100 valence electrons. The minimum Gasteiger partial charge on any atom is -0.392 e. The summed E-state index contributed by atoms with van der Waals surface area (Å²) in [5.41, 5.74) is 10.4. The fourth-order valence-electron chi connectivity index (χ4n) is 2.79. The van der Waals surface area contributed by atoms with Gasteiger partial charge in [-0.2, -0.15) is 0 Å². The first kappa shape index (κ1) is 13.3. The molecule has 0 aromatic carbocycles. The molecule has 18 heavy (non-hydrogen) atoms. The summed E-state index contributed by atoms with van der Waals surface area (Å²) in [6.07, 6.45) is 4.03. The average molecular weight is 269 g/mol. The van der Waals surface area contributed by atoms with Crippen molar-refractivity contribution in [3.05, 3.63) is 0 Å². The number of rotatable bonds is 3. The van der Waals surface area contributed by atoms with E-state index < -0.39 is 5.41 Å². The van der Waals surface area contributed by atoms with Crippen LogP contribution in [0, 0.1) is 11.3 Å². The zero-order chi connectivity index (χ0) is 13.3. The van der Waals surface area contributed by atoms with E-state index in [0.717, 1.165) is 32.1 Å². The summed E-state index contributed by atoms with van der Waals surface area (Å²) in [5.74, 6) is -0.566. The standard InChI is InChI=1S/C12H19N3O2S/c13-9(16)8-3-1-6-15(7-8)11(17)12(10(14)18)4-2-5-12/h8H,1-7H2,(H2,13,16)(H2,14,18). The third-order valence-corrected chi connectivity index (χ3v) is 4.59. The summed E-state index contributed by atoms with van der Waals surface area (Å²) in [6, 6.07) is 0. The summed E-state index contributed by atoms with van der Waals surface area (Å²) in [5, 5.41) is 0. The van der Waals surface area contributed by atoms with Gasteiger partial charge >= 0.3 is 0 Å². The summed E-state index contributed by atoms with van der Waals surface area (Å²) in [7, 11) is 0. The molecule has 2 rings (SSSR count). The highest BCUT2D eigenvalue weighted by atomic mass is 32.1.